The molecule has 0 bridgehead atoms. The van der Waals surface area contributed by atoms with E-state index >= 15 is 0 Å². The monoisotopic (exact) mass is 250 g/mol. The van der Waals surface area contributed by atoms with Gasteiger partial charge in [-0.15, -0.1) is 0 Å². The van der Waals surface area contributed by atoms with Crippen LogP contribution in [0.4, 0.5) is 11.6 Å². The quantitative estimate of drug-likeness (QED) is 0.778. The Morgan fingerprint density at radius 1 is 1.39 bits per heavy atom. The van der Waals surface area contributed by atoms with Crippen molar-refractivity contribution in [2.75, 3.05) is 24.3 Å². The van der Waals surface area contributed by atoms with Gasteiger partial charge in [0, 0.05) is 12.6 Å². The van der Waals surface area contributed by atoms with Gasteiger partial charge in [-0.3, -0.25) is 0 Å². The molecule has 0 spiro atoms. The Hall–Kier alpha value is -1.52. The number of ether oxygens (including phenoxy) is 1. The van der Waals surface area contributed by atoms with Crippen molar-refractivity contribution in [2.24, 2.45) is 5.92 Å². The number of nitrogens with one attached hydrogen (secondary N) is 2. The van der Waals surface area contributed by atoms with E-state index in [1.807, 2.05) is 0 Å². The summed E-state index contributed by atoms with van der Waals surface area (Å²) in [7, 11) is 1.66. The number of rotatable bonds is 7. The summed E-state index contributed by atoms with van der Waals surface area (Å²) < 4.78 is 5.42. The highest BCUT2D eigenvalue weighted by atomic mass is 16.5. The van der Waals surface area contributed by atoms with Gasteiger partial charge in [-0.25, -0.2) is 9.97 Å². The number of hydrogen-bond acceptors (Lipinski definition) is 5. The summed E-state index contributed by atoms with van der Waals surface area (Å²) in [4.78, 5) is 8.51. The molecule has 1 aromatic rings. The zero-order chi connectivity index (χ0) is 13.0. The molecule has 1 atom stereocenters. The topological polar surface area (TPSA) is 59.1 Å². The third-order valence-corrected chi connectivity index (χ3v) is 3.24. The van der Waals surface area contributed by atoms with Crippen LogP contribution in [0.2, 0.25) is 0 Å². The van der Waals surface area contributed by atoms with E-state index in [1.165, 1.54) is 12.8 Å². The molecule has 0 aromatic carbocycles. The van der Waals surface area contributed by atoms with Crippen molar-refractivity contribution in [3.8, 4) is 5.75 Å². The van der Waals surface area contributed by atoms with Gasteiger partial charge in [0.25, 0.3) is 0 Å². The van der Waals surface area contributed by atoms with Gasteiger partial charge in [0.15, 0.2) is 11.6 Å². The Balaban J connectivity index is 2.12. The fourth-order valence-corrected chi connectivity index (χ4v) is 1.97. The third-order valence-electron chi connectivity index (χ3n) is 3.24. The van der Waals surface area contributed by atoms with Crippen LogP contribution in [0.3, 0.4) is 0 Å². The van der Waals surface area contributed by atoms with Gasteiger partial charge in [-0.1, -0.05) is 6.92 Å². The Bertz CT molecular complexity index is 393. The fraction of sp³-hybridized carbons (Fsp3) is 0.692. The minimum Gasteiger partial charge on any atom is -0.490 e. The fourth-order valence-electron chi connectivity index (χ4n) is 1.97. The summed E-state index contributed by atoms with van der Waals surface area (Å²) >= 11 is 0. The van der Waals surface area contributed by atoms with Gasteiger partial charge in [0.1, 0.15) is 6.33 Å². The van der Waals surface area contributed by atoms with Gasteiger partial charge >= 0.3 is 0 Å². The van der Waals surface area contributed by atoms with E-state index in [1.54, 1.807) is 13.4 Å². The molecule has 5 heteroatoms. The van der Waals surface area contributed by atoms with E-state index in [2.05, 4.69) is 34.4 Å². The zero-order valence-corrected chi connectivity index (χ0v) is 11.4. The SMILES string of the molecule is CCCNc1ncnc(NC(C)C2CC2)c1OC. The zero-order valence-electron chi connectivity index (χ0n) is 11.4. The first-order chi connectivity index (χ1) is 8.76. The Kier molecular flexibility index (Phi) is 4.23. The van der Waals surface area contributed by atoms with Gasteiger partial charge in [-0.2, -0.15) is 0 Å². The molecule has 0 amide bonds. The molecule has 2 rings (SSSR count). The largest absolute Gasteiger partial charge is 0.490 e. The standard InChI is InChI=1S/C13H22N4O/c1-4-7-14-12-11(18-3)13(16-8-15-12)17-9(2)10-5-6-10/h8-10H,4-7H2,1-3H3,(H2,14,15,16,17). The lowest BCUT2D eigenvalue weighted by Crippen LogP contribution is -2.19. The van der Waals surface area contributed by atoms with Crippen LogP contribution in [0, 0.1) is 5.92 Å². The summed E-state index contributed by atoms with van der Waals surface area (Å²) in [5.41, 5.74) is 0. The van der Waals surface area contributed by atoms with Gasteiger partial charge in [-0.05, 0) is 32.1 Å². The molecule has 18 heavy (non-hydrogen) atoms. The van der Waals surface area contributed by atoms with Crippen molar-refractivity contribution in [3.05, 3.63) is 6.33 Å². The van der Waals surface area contributed by atoms with Crippen LogP contribution in [0.1, 0.15) is 33.1 Å². The molecule has 100 valence electrons. The lowest BCUT2D eigenvalue weighted by Gasteiger charge is -2.17. The maximum absolute atomic E-state index is 5.42. The van der Waals surface area contributed by atoms with Gasteiger partial charge in [0.2, 0.25) is 5.75 Å². The molecule has 1 saturated carbocycles. The lowest BCUT2D eigenvalue weighted by atomic mass is 10.2. The summed E-state index contributed by atoms with van der Waals surface area (Å²) in [5, 5.41) is 6.68. The second-order valence-corrected chi connectivity index (χ2v) is 4.80. The van der Waals surface area contributed by atoms with Crippen molar-refractivity contribution in [1.29, 1.82) is 0 Å². The van der Waals surface area contributed by atoms with Crippen LogP contribution in [-0.4, -0.2) is 29.7 Å². The highest BCUT2D eigenvalue weighted by Gasteiger charge is 2.29. The molecule has 0 aliphatic heterocycles. The molecule has 1 aliphatic carbocycles. The molecule has 1 aliphatic rings. The molecular weight excluding hydrogens is 228 g/mol. The molecule has 1 heterocycles. The molecule has 1 fully saturated rings. The first-order valence-corrected chi connectivity index (χ1v) is 6.65. The highest BCUT2D eigenvalue weighted by Crippen LogP contribution is 2.36. The van der Waals surface area contributed by atoms with Crippen molar-refractivity contribution in [2.45, 2.75) is 39.2 Å². The maximum atomic E-state index is 5.42. The summed E-state index contributed by atoms with van der Waals surface area (Å²) in [6, 6.07) is 0.438. The van der Waals surface area contributed by atoms with Crippen LogP contribution < -0.4 is 15.4 Å². The second kappa shape index (κ2) is 5.89. The minimum atomic E-state index is 0.438. The van der Waals surface area contributed by atoms with Crippen molar-refractivity contribution in [3.63, 3.8) is 0 Å². The van der Waals surface area contributed by atoms with Crippen molar-refractivity contribution >= 4 is 11.6 Å². The Labute approximate surface area is 108 Å². The van der Waals surface area contributed by atoms with E-state index in [9.17, 15) is 0 Å². The predicted molar refractivity (Wildman–Crippen MR) is 73.2 cm³/mol. The molecule has 1 aromatic heterocycles. The smallest absolute Gasteiger partial charge is 0.204 e. The summed E-state index contributed by atoms with van der Waals surface area (Å²) in [6.07, 6.45) is 5.24. The third kappa shape index (κ3) is 3.03. The molecule has 5 nitrogen and oxygen atoms in total. The first kappa shape index (κ1) is 12.9. The van der Waals surface area contributed by atoms with E-state index in [4.69, 9.17) is 4.74 Å². The molecule has 1 unspecified atom stereocenters. The van der Waals surface area contributed by atoms with Crippen LogP contribution in [0.5, 0.6) is 5.75 Å². The summed E-state index contributed by atoms with van der Waals surface area (Å²) in [6.45, 7) is 5.19. The van der Waals surface area contributed by atoms with E-state index in [0.717, 1.165) is 30.5 Å². The average molecular weight is 250 g/mol. The Morgan fingerprint density at radius 2 is 2.11 bits per heavy atom. The molecule has 0 radical (unpaired) electrons. The number of anilines is 2. The highest BCUT2D eigenvalue weighted by molar-refractivity contribution is 5.63. The van der Waals surface area contributed by atoms with E-state index in [0.29, 0.717) is 11.8 Å². The number of aromatic nitrogens is 2. The van der Waals surface area contributed by atoms with E-state index in [-0.39, 0.29) is 0 Å². The Morgan fingerprint density at radius 3 is 2.72 bits per heavy atom. The predicted octanol–water partition coefficient (Wildman–Crippen LogP) is 2.52. The number of methoxy groups -OCH3 is 1. The van der Waals surface area contributed by atoms with Crippen LogP contribution in [0.15, 0.2) is 6.33 Å². The van der Waals surface area contributed by atoms with Gasteiger partial charge < -0.3 is 15.4 Å². The van der Waals surface area contributed by atoms with Crippen LogP contribution in [-0.2, 0) is 0 Å². The van der Waals surface area contributed by atoms with E-state index < -0.39 is 0 Å². The molecule has 2 N–H and O–H groups in total. The molecular formula is C13H22N4O. The lowest BCUT2D eigenvalue weighted by molar-refractivity contribution is 0.414. The van der Waals surface area contributed by atoms with Crippen molar-refractivity contribution in [1.82, 2.24) is 9.97 Å². The normalized spacial score (nSPS) is 16.2. The number of hydrogen-bond donors (Lipinski definition) is 2. The maximum Gasteiger partial charge on any atom is 0.204 e. The summed E-state index contributed by atoms with van der Waals surface area (Å²) in [5.74, 6) is 3.03. The second-order valence-electron chi connectivity index (χ2n) is 4.80. The minimum absolute atomic E-state index is 0.438. The van der Waals surface area contributed by atoms with Gasteiger partial charge in [0.05, 0.1) is 7.11 Å². The van der Waals surface area contributed by atoms with Crippen molar-refractivity contribution < 1.29 is 4.74 Å². The molecule has 0 saturated heterocycles. The van der Waals surface area contributed by atoms with Crippen LogP contribution >= 0.6 is 0 Å². The number of nitrogens with zero attached hydrogens (tertiary/aromatic N) is 2. The average Bonchev–Trinajstić information content (AvgIpc) is 3.20. The van der Waals surface area contributed by atoms with Crippen LogP contribution in [0.25, 0.3) is 0 Å². The first-order valence-electron chi connectivity index (χ1n) is 6.65.